The molecule has 0 saturated carbocycles. The smallest absolute Gasteiger partial charge is 0.149 e. The Morgan fingerprint density at radius 2 is 1.53 bits per heavy atom. The van der Waals surface area contributed by atoms with Crippen molar-refractivity contribution in [3.63, 3.8) is 0 Å². The lowest BCUT2D eigenvalue weighted by Gasteiger charge is -2.09. The van der Waals surface area contributed by atoms with Crippen LogP contribution in [0.4, 0.5) is 17.6 Å². The number of allylic oxidation sites excluding steroid dienone is 4. The number of alkyl halides is 2. The van der Waals surface area contributed by atoms with E-state index in [4.69, 9.17) is 0 Å². The van der Waals surface area contributed by atoms with E-state index < -0.39 is 24.0 Å². The molecule has 2 unspecified atom stereocenters. The van der Waals surface area contributed by atoms with E-state index in [-0.39, 0.29) is 17.9 Å². The van der Waals surface area contributed by atoms with Gasteiger partial charge in [-0.1, -0.05) is 13.8 Å². The van der Waals surface area contributed by atoms with Gasteiger partial charge >= 0.3 is 0 Å². The van der Waals surface area contributed by atoms with Gasteiger partial charge in [0.1, 0.15) is 24.0 Å². The Balaban J connectivity index is 5.00. The average Bonchev–Trinajstić information content (AvgIpc) is 2.22. The number of hydrogen-bond donors (Lipinski definition) is 0. The molecule has 0 rings (SSSR count). The molecule has 0 aliphatic rings. The summed E-state index contributed by atoms with van der Waals surface area (Å²) in [6.45, 7) is 5.90. The van der Waals surface area contributed by atoms with Crippen molar-refractivity contribution in [1.82, 2.24) is 0 Å². The minimum atomic E-state index is -1.80. The van der Waals surface area contributed by atoms with Gasteiger partial charge in [-0.2, -0.15) is 0 Å². The molecule has 0 aromatic carbocycles. The second-order valence-corrected chi connectivity index (χ2v) is 4.57. The van der Waals surface area contributed by atoms with Crippen LogP contribution in [0.2, 0.25) is 0 Å². The summed E-state index contributed by atoms with van der Waals surface area (Å²) in [6.07, 6.45) is -2.01. The van der Waals surface area contributed by atoms with Crippen LogP contribution >= 0.6 is 0 Å². The van der Waals surface area contributed by atoms with Crippen LogP contribution in [0.1, 0.15) is 40.5 Å². The van der Waals surface area contributed by atoms with E-state index in [9.17, 15) is 17.6 Å². The van der Waals surface area contributed by atoms with Gasteiger partial charge < -0.3 is 0 Å². The first kappa shape index (κ1) is 16.2. The second kappa shape index (κ2) is 7.51. The van der Waals surface area contributed by atoms with Crippen molar-refractivity contribution in [2.45, 2.75) is 52.9 Å². The molecular formula is C13H20F4. The fourth-order valence-corrected chi connectivity index (χ4v) is 1.24. The van der Waals surface area contributed by atoms with Gasteiger partial charge in [0.2, 0.25) is 0 Å². The second-order valence-electron chi connectivity index (χ2n) is 4.57. The van der Waals surface area contributed by atoms with Crippen molar-refractivity contribution in [2.75, 3.05) is 0 Å². The minimum absolute atomic E-state index is 0.0873. The molecule has 0 heterocycles. The van der Waals surface area contributed by atoms with Crippen LogP contribution in [0.25, 0.3) is 0 Å². The van der Waals surface area contributed by atoms with Crippen LogP contribution in [0, 0.1) is 5.92 Å². The van der Waals surface area contributed by atoms with Crippen LogP contribution in [0.15, 0.2) is 23.3 Å². The summed E-state index contributed by atoms with van der Waals surface area (Å²) in [7, 11) is 0. The quantitative estimate of drug-likeness (QED) is 0.449. The molecule has 0 amide bonds. The fourth-order valence-electron chi connectivity index (χ4n) is 1.24. The molecule has 0 N–H and O–H groups in total. The topological polar surface area (TPSA) is 0 Å². The van der Waals surface area contributed by atoms with Crippen molar-refractivity contribution in [3.05, 3.63) is 23.3 Å². The molecule has 0 nitrogen and oxygen atoms in total. The molecule has 0 bridgehead atoms. The molecule has 100 valence electrons. The lowest BCUT2D eigenvalue weighted by molar-refractivity contribution is 0.340. The largest absolute Gasteiger partial charge is 0.240 e. The van der Waals surface area contributed by atoms with Crippen molar-refractivity contribution in [3.8, 4) is 0 Å². The molecule has 0 spiro atoms. The third-order valence-electron chi connectivity index (χ3n) is 2.34. The van der Waals surface area contributed by atoms with E-state index >= 15 is 0 Å². The Kier molecular flexibility index (Phi) is 7.16. The molecule has 2 atom stereocenters. The monoisotopic (exact) mass is 252 g/mol. The molecular weight excluding hydrogens is 232 g/mol. The Morgan fingerprint density at radius 3 is 1.88 bits per heavy atom. The van der Waals surface area contributed by atoms with Gasteiger partial charge in [0, 0.05) is 0 Å². The van der Waals surface area contributed by atoms with Crippen molar-refractivity contribution in [2.24, 2.45) is 5.92 Å². The maximum Gasteiger partial charge on any atom is 0.149 e. The molecule has 0 aliphatic heterocycles. The summed E-state index contributed by atoms with van der Waals surface area (Å²) in [5.74, 6) is -1.80. The van der Waals surface area contributed by atoms with Crippen LogP contribution < -0.4 is 0 Å². The van der Waals surface area contributed by atoms with Gasteiger partial charge in [-0.25, -0.2) is 17.6 Å². The van der Waals surface area contributed by atoms with Gasteiger partial charge in [0.25, 0.3) is 0 Å². The summed E-state index contributed by atoms with van der Waals surface area (Å²) in [4.78, 5) is 0. The Hall–Kier alpha value is -0.800. The molecule has 0 radical (unpaired) electrons. The molecule has 0 aromatic rings. The maximum atomic E-state index is 13.4. The SMILES string of the molecule is CC(C)CCC(/C=C(/F)C(C)F)=C(\F)C(C)F. The van der Waals surface area contributed by atoms with E-state index in [0.717, 1.165) is 19.9 Å². The first-order chi connectivity index (χ1) is 7.75. The Morgan fingerprint density at radius 1 is 1.00 bits per heavy atom. The zero-order valence-electron chi connectivity index (χ0n) is 10.7. The highest BCUT2D eigenvalue weighted by Crippen LogP contribution is 2.24. The molecule has 0 aromatic heterocycles. The van der Waals surface area contributed by atoms with Crippen LogP contribution in [-0.4, -0.2) is 12.3 Å². The Labute approximate surface area is 100 Å². The van der Waals surface area contributed by atoms with Gasteiger partial charge in [0.15, 0.2) is 0 Å². The third kappa shape index (κ3) is 6.49. The summed E-state index contributed by atoms with van der Waals surface area (Å²) < 4.78 is 52.0. The predicted octanol–water partition coefficient (Wildman–Crippen LogP) is 5.22. The van der Waals surface area contributed by atoms with Crippen molar-refractivity contribution < 1.29 is 17.6 Å². The van der Waals surface area contributed by atoms with E-state index in [1.54, 1.807) is 0 Å². The summed E-state index contributed by atoms with van der Waals surface area (Å²) >= 11 is 0. The normalized spacial score (nSPS) is 18.1. The highest BCUT2D eigenvalue weighted by Gasteiger charge is 2.15. The average molecular weight is 252 g/mol. The fraction of sp³-hybridized carbons (Fsp3) is 0.692. The zero-order valence-corrected chi connectivity index (χ0v) is 10.7. The highest BCUT2D eigenvalue weighted by atomic mass is 19.2. The predicted molar refractivity (Wildman–Crippen MR) is 62.5 cm³/mol. The molecule has 17 heavy (non-hydrogen) atoms. The van der Waals surface area contributed by atoms with E-state index in [2.05, 4.69) is 0 Å². The van der Waals surface area contributed by atoms with Crippen LogP contribution in [0.3, 0.4) is 0 Å². The number of rotatable bonds is 6. The first-order valence-electron chi connectivity index (χ1n) is 5.79. The summed E-state index contributed by atoms with van der Waals surface area (Å²) in [5, 5.41) is 0. The standard InChI is InChI=1S/C13H20F4/c1-8(2)5-6-11(13(17)10(4)15)7-12(16)9(3)14/h7-10H,5-6H2,1-4H3/b12-7+,13-11+. The van der Waals surface area contributed by atoms with Gasteiger partial charge in [-0.15, -0.1) is 0 Å². The van der Waals surface area contributed by atoms with Gasteiger partial charge in [-0.3, -0.25) is 0 Å². The molecule has 4 heteroatoms. The van der Waals surface area contributed by atoms with Crippen LogP contribution in [-0.2, 0) is 0 Å². The lowest BCUT2D eigenvalue weighted by atomic mass is 10.0. The van der Waals surface area contributed by atoms with Crippen molar-refractivity contribution >= 4 is 0 Å². The lowest BCUT2D eigenvalue weighted by Crippen LogP contribution is -2.01. The molecule has 0 fully saturated rings. The number of hydrogen-bond acceptors (Lipinski definition) is 0. The molecule has 0 aliphatic carbocycles. The van der Waals surface area contributed by atoms with Crippen LogP contribution in [0.5, 0.6) is 0 Å². The Bertz CT molecular complexity index is 288. The minimum Gasteiger partial charge on any atom is -0.240 e. The van der Waals surface area contributed by atoms with E-state index in [1.165, 1.54) is 0 Å². The first-order valence-corrected chi connectivity index (χ1v) is 5.79. The third-order valence-corrected chi connectivity index (χ3v) is 2.34. The summed E-state index contributed by atoms with van der Waals surface area (Å²) in [6, 6.07) is 0. The van der Waals surface area contributed by atoms with Gasteiger partial charge in [0.05, 0.1) is 0 Å². The maximum absolute atomic E-state index is 13.4. The van der Waals surface area contributed by atoms with Crippen molar-refractivity contribution in [1.29, 1.82) is 0 Å². The van der Waals surface area contributed by atoms with E-state index in [0.29, 0.717) is 6.42 Å². The number of halogens is 4. The summed E-state index contributed by atoms with van der Waals surface area (Å²) in [5.41, 5.74) is -0.0873. The zero-order chi connectivity index (χ0) is 13.6. The van der Waals surface area contributed by atoms with Gasteiger partial charge in [-0.05, 0) is 44.3 Å². The highest BCUT2D eigenvalue weighted by molar-refractivity contribution is 5.27. The molecule has 0 saturated heterocycles. The van der Waals surface area contributed by atoms with E-state index in [1.807, 2.05) is 13.8 Å².